The summed E-state index contributed by atoms with van der Waals surface area (Å²) in [7, 11) is 0. The summed E-state index contributed by atoms with van der Waals surface area (Å²) in [6.45, 7) is 4.14. The number of carbonyl (C=O) groups excluding carboxylic acids is 1. The third-order valence-corrected chi connectivity index (χ3v) is 4.04. The van der Waals surface area contributed by atoms with Crippen molar-refractivity contribution in [1.29, 1.82) is 0 Å². The first-order chi connectivity index (χ1) is 9.13. The van der Waals surface area contributed by atoms with E-state index < -0.39 is 0 Å². The Morgan fingerprint density at radius 3 is 2.95 bits per heavy atom. The van der Waals surface area contributed by atoms with Crippen molar-refractivity contribution in [3.63, 3.8) is 0 Å². The molecule has 3 rings (SSSR count). The van der Waals surface area contributed by atoms with Crippen molar-refractivity contribution in [3.05, 3.63) is 10.8 Å². The molecule has 2 aromatic rings. The minimum Gasteiger partial charge on any atom is -0.353 e. The topological polar surface area (TPSA) is 72.2 Å². The summed E-state index contributed by atoms with van der Waals surface area (Å²) in [6.07, 6.45) is 3.42. The van der Waals surface area contributed by atoms with Gasteiger partial charge in [0.1, 0.15) is 5.01 Å². The molecule has 102 valence electrons. The zero-order valence-corrected chi connectivity index (χ0v) is 11.9. The summed E-state index contributed by atoms with van der Waals surface area (Å²) in [4.78, 5) is 12.4. The van der Waals surface area contributed by atoms with E-state index in [1.54, 1.807) is 4.52 Å². The molecule has 0 aliphatic heterocycles. The predicted molar refractivity (Wildman–Crippen MR) is 72.2 cm³/mol. The fraction of sp³-hybridized carbons (Fsp3) is 0.667. The van der Waals surface area contributed by atoms with Crippen molar-refractivity contribution in [2.75, 3.05) is 0 Å². The van der Waals surface area contributed by atoms with E-state index in [-0.39, 0.29) is 5.91 Å². The van der Waals surface area contributed by atoms with Crippen molar-refractivity contribution >= 4 is 22.2 Å². The van der Waals surface area contributed by atoms with Crippen LogP contribution in [0, 0.1) is 0 Å². The number of aryl methyl sites for hydroxylation is 1. The van der Waals surface area contributed by atoms with E-state index in [1.807, 2.05) is 0 Å². The highest BCUT2D eigenvalue weighted by Gasteiger charge is 2.23. The largest absolute Gasteiger partial charge is 0.353 e. The van der Waals surface area contributed by atoms with Gasteiger partial charge in [-0.25, -0.2) is 0 Å². The van der Waals surface area contributed by atoms with Gasteiger partial charge in [-0.2, -0.15) is 9.61 Å². The van der Waals surface area contributed by atoms with Gasteiger partial charge in [0.25, 0.3) is 0 Å². The maximum Gasteiger partial charge on any atom is 0.234 e. The van der Waals surface area contributed by atoms with Gasteiger partial charge in [0, 0.05) is 24.8 Å². The Hall–Kier alpha value is -1.50. The molecule has 1 fully saturated rings. The number of nitrogens with one attached hydrogen (secondary N) is 1. The van der Waals surface area contributed by atoms with Crippen LogP contribution in [-0.2, 0) is 11.2 Å². The molecule has 1 aliphatic carbocycles. The zero-order valence-electron chi connectivity index (χ0n) is 11.1. The standard InChI is InChI=1S/C12H17N5OS/c1-7(2)11-14-15-12-17(11)16-10(19-12)6-5-9(18)13-8-3-4-8/h7-8H,3-6H2,1-2H3,(H,13,18). The maximum atomic E-state index is 11.6. The van der Waals surface area contributed by atoms with Gasteiger partial charge >= 0.3 is 0 Å². The van der Waals surface area contributed by atoms with E-state index in [2.05, 4.69) is 34.5 Å². The lowest BCUT2D eigenvalue weighted by molar-refractivity contribution is -0.121. The second-order valence-corrected chi connectivity index (χ2v) is 6.29. The highest BCUT2D eigenvalue weighted by Crippen LogP contribution is 2.20. The van der Waals surface area contributed by atoms with Crippen molar-refractivity contribution in [3.8, 4) is 0 Å². The molecule has 0 radical (unpaired) electrons. The Morgan fingerprint density at radius 1 is 1.47 bits per heavy atom. The number of aromatic nitrogens is 4. The van der Waals surface area contributed by atoms with Crippen LogP contribution in [0.15, 0.2) is 0 Å². The first kappa shape index (κ1) is 12.5. The maximum absolute atomic E-state index is 11.6. The fourth-order valence-electron chi connectivity index (χ4n) is 1.88. The van der Waals surface area contributed by atoms with Crippen LogP contribution in [0.3, 0.4) is 0 Å². The molecular weight excluding hydrogens is 262 g/mol. The van der Waals surface area contributed by atoms with E-state index in [0.29, 0.717) is 24.8 Å². The van der Waals surface area contributed by atoms with Gasteiger partial charge < -0.3 is 5.32 Å². The molecule has 0 unspecified atom stereocenters. The van der Waals surface area contributed by atoms with Crippen LogP contribution in [0.25, 0.3) is 4.96 Å². The Morgan fingerprint density at radius 2 is 2.26 bits per heavy atom. The lowest BCUT2D eigenvalue weighted by Crippen LogP contribution is -2.25. The van der Waals surface area contributed by atoms with Gasteiger partial charge in [-0.05, 0) is 12.8 Å². The zero-order chi connectivity index (χ0) is 13.4. The second-order valence-electron chi connectivity index (χ2n) is 5.24. The van der Waals surface area contributed by atoms with Crippen LogP contribution < -0.4 is 5.32 Å². The van der Waals surface area contributed by atoms with E-state index >= 15 is 0 Å². The molecule has 1 N–H and O–H groups in total. The van der Waals surface area contributed by atoms with Crippen LogP contribution in [-0.4, -0.2) is 31.8 Å². The second kappa shape index (κ2) is 4.88. The number of fused-ring (bicyclic) bond motifs is 1. The quantitative estimate of drug-likeness (QED) is 0.900. The van der Waals surface area contributed by atoms with Crippen molar-refractivity contribution in [2.45, 2.75) is 51.5 Å². The summed E-state index contributed by atoms with van der Waals surface area (Å²) in [5, 5.41) is 16.7. The molecule has 2 aromatic heterocycles. The molecule has 0 atom stereocenters. The SMILES string of the molecule is CC(C)c1nnc2sc(CCC(=O)NC3CC3)nn12. The number of nitrogens with zero attached hydrogens (tertiary/aromatic N) is 4. The Balaban J connectivity index is 1.65. The van der Waals surface area contributed by atoms with Crippen molar-refractivity contribution in [2.24, 2.45) is 0 Å². The monoisotopic (exact) mass is 279 g/mol. The van der Waals surface area contributed by atoms with Crippen LogP contribution in [0.1, 0.15) is 49.9 Å². The number of amides is 1. The molecule has 19 heavy (non-hydrogen) atoms. The summed E-state index contributed by atoms with van der Waals surface area (Å²) < 4.78 is 1.80. The summed E-state index contributed by atoms with van der Waals surface area (Å²) in [6, 6.07) is 0.429. The van der Waals surface area contributed by atoms with Crippen LogP contribution in [0.4, 0.5) is 0 Å². The molecule has 0 spiro atoms. The van der Waals surface area contributed by atoms with E-state index in [4.69, 9.17) is 0 Å². The lowest BCUT2D eigenvalue weighted by atomic mass is 10.2. The van der Waals surface area contributed by atoms with Gasteiger partial charge in [0.2, 0.25) is 10.9 Å². The van der Waals surface area contributed by atoms with Crippen LogP contribution >= 0.6 is 11.3 Å². The van der Waals surface area contributed by atoms with Gasteiger partial charge in [-0.3, -0.25) is 4.79 Å². The average Bonchev–Trinajstić information content (AvgIpc) is 2.93. The number of carbonyl (C=O) groups is 1. The number of hydrogen-bond acceptors (Lipinski definition) is 5. The van der Waals surface area contributed by atoms with Gasteiger partial charge in [0.15, 0.2) is 5.82 Å². The Labute approximate surface area is 115 Å². The Bertz CT molecular complexity index is 598. The minimum absolute atomic E-state index is 0.123. The summed E-state index contributed by atoms with van der Waals surface area (Å²) in [5.74, 6) is 1.29. The molecule has 2 heterocycles. The molecular formula is C12H17N5OS. The first-order valence-electron chi connectivity index (χ1n) is 6.64. The van der Waals surface area contributed by atoms with Gasteiger partial charge in [-0.15, -0.1) is 10.2 Å². The molecule has 1 saturated carbocycles. The highest BCUT2D eigenvalue weighted by atomic mass is 32.1. The van der Waals surface area contributed by atoms with Crippen molar-refractivity contribution in [1.82, 2.24) is 25.1 Å². The predicted octanol–water partition coefficient (Wildman–Crippen LogP) is 1.52. The van der Waals surface area contributed by atoms with Crippen LogP contribution in [0.2, 0.25) is 0 Å². The highest BCUT2D eigenvalue weighted by molar-refractivity contribution is 7.16. The summed E-state index contributed by atoms with van der Waals surface area (Å²) >= 11 is 1.51. The molecule has 7 heteroatoms. The molecule has 6 nitrogen and oxygen atoms in total. The fourth-order valence-corrected chi connectivity index (χ4v) is 2.72. The smallest absolute Gasteiger partial charge is 0.234 e. The van der Waals surface area contributed by atoms with Gasteiger partial charge in [-0.1, -0.05) is 25.2 Å². The molecule has 1 amide bonds. The Kier molecular flexibility index (Phi) is 3.22. The third-order valence-electron chi connectivity index (χ3n) is 3.08. The van der Waals surface area contributed by atoms with Crippen LogP contribution in [0.5, 0.6) is 0 Å². The van der Waals surface area contributed by atoms with E-state index in [1.165, 1.54) is 11.3 Å². The minimum atomic E-state index is 0.123. The van der Waals surface area contributed by atoms with E-state index in [9.17, 15) is 4.79 Å². The molecule has 1 aliphatic rings. The lowest BCUT2D eigenvalue weighted by Gasteiger charge is -2.01. The van der Waals surface area contributed by atoms with E-state index in [0.717, 1.165) is 28.6 Å². The molecule has 0 saturated heterocycles. The average molecular weight is 279 g/mol. The summed E-state index contributed by atoms with van der Waals surface area (Å²) in [5.41, 5.74) is 0. The number of hydrogen-bond donors (Lipinski definition) is 1. The van der Waals surface area contributed by atoms with Crippen molar-refractivity contribution < 1.29 is 4.79 Å². The molecule has 0 aromatic carbocycles. The first-order valence-corrected chi connectivity index (χ1v) is 7.45. The normalized spacial score (nSPS) is 15.3. The molecule has 0 bridgehead atoms. The third kappa shape index (κ3) is 2.75. The van der Waals surface area contributed by atoms with Gasteiger partial charge in [0.05, 0.1) is 0 Å². The number of rotatable bonds is 5.